The van der Waals surface area contributed by atoms with Crippen LogP contribution in [0.1, 0.15) is 22.8 Å². The van der Waals surface area contributed by atoms with Gasteiger partial charge in [0.2, 0.25) is 0 Å². The zero-order valence-electron chi connectivity index (χ0n) is 14.1. The van der Waals surface area contributed by atoms with Crippen molar-refractivity contribution in [3.63, 3.8) is 0 Å². The van der Waals surface area contributed by atoms with Crippen LogP contribution >= 0.6 is 22.6 Å². The molecule has 0 aliphatic heterocycles. The van der Waals surface area contributed by atoms with Crippen LogP contribution in [0.5, 0.6) is 11.5 Å². The summed E-state index contributed by atoms with van der Waals surface area (Å²) in [4.78, 5) is 22.9. The first-order chi connectivity index (χ1) is 12.4. The Morgan fingerprint density at radius 3 is 2.65 bits per heavy atom. The fourth-order valence-corrected chi connectivity index (χ4v) is 2.51. The van der Waals surface area contributed by atoms with E-state index in [9.17, 15) is 9.59 Å². The van der Waals surface area contributed by atoms with Gasteiger partial charge in [0.05, 0.1) is 13.3 Å². The second kappa shape index (κ2) is 9.18. The second-order valence-electron chi connectivity index (χ2n) is 5.22. The molecule has 1 amide bonds. The van der Waals surface area contributed by atoms with Crippen molar-refractivity contribution in [1.82, 2.24) is 5.43 Å². The van der Waals surface area contributed by atoms with Gasteiger partial charge in [0.25, 0.3) is 5.91 Å². The molecular weight excluding hydrogens is 451 g/mol. The minimum Gasteiger partial charge on any atom is -0.493 e. The van der Waals surface area contributed by atoms with Gasteiger partial charge in [-0.05, 0) is 71.5 Å². The standard InChI is InChI=1S/C18H17IN2O5/c1-11(18(23)24)26-15-7-6-12(8-16(15)25-2)10-20-21-17(22)13-4-3-5-14(19)9-13/h3-11H,1-2H3,(H,21,22)(H,23,24)/b20-10-/t11-/m0/s1. The molecule has 7 nitrogen and oxygen atoms in total. The van der Waals surface area contributed by atoms with Gasteiger partial charge < -0.3 is 14.6 Å². The summed E-state index contributed by atoms with van der Waals surface area (Å²) in [6, 6.07) is 12.0. The van der Waals surface area contributed by atoms with E-state index in [1.807, 2.05) is 6.07 Å². The Balaban J connectivity index is 2.06. The highest BCUT2D eigenvalue weighted by Gasteiger charge is 2.15. The van der Waals surface area contributed by atoms with Crippen LogP contribution in [-0.2, 0) is 4.79 Å². The maximum absolute atomic E-state index is 12.0. The second-order valence-corrected chi connectivity index (χ2v) is 6.46. The monoisotopic (exact) mass is 468 g/mol. The average Bonchev–Trinajstić information content (AvgIpc) is 2.62. The Hall–Kier alpha value is -2.62. The number of carboxylic acid groups (broad SMARTS) is 1. The summed E-state index contributed by atoms with van der Waals surface area (Å²) < 4.78 is 11.5. The number of benzene rings is 2. The van der Waals surface area contributed by atoms with E-state index in [2.05, 4.69) is 33.1 Å². The van der Waals surface area contributed by atoms with E-state index in [0.29, 0.717) is 22.6 Å². The predicted octanol–water partition coefficient (Wildman–Crippen LogP) is 2.92. The van der Waals surface area contributed by atoms with Crippen LogP contribution in [0.25, 0.3) is 0 Å². The molecule has 0 bridgehead atoms. The first-order valence-electron chi connectivity index (χ1n) is 7.57. The molecule has 26 heavy (non-hydrogen) atoms. The van der Waals surface area contributed by atoms with E-state index in [4.69, 9.17) is 14.6 Å². The highest BCUT2D eigenvalue weighted by Crippen LogP contribution is 2.28. The van der Waals surface area contributed by atoms with Crippen LogP contribution in [0.3, 0.4) is 0 Å². The third-order valence-electron chi connectivity index (χ3n) is 3.31. The molecule has 0 unspecified atom stereocenters. The lowest BCUT2D eigenvalue weighted by molar-refractivity contribution is -0.144. The third-order valence-corrected chi connectivity index (χ3v) is 3.98. The number of rotatable bonds is 7. The summed E-state index contributed by atoms with van der Waals surface area (Å²) in [5.41, 5.74) is 3.62. The van der Waals surface area contributed by atoms with Gasteiger partial charge in [-0.1, -0.05) is 6.07 Å². The number of nitrogens with zero attached hydrogens (tertiary/aromatic N) is 1. The number of halogens is 1. The van der Waals surface area contributed by atoms with Crippen LogP contribution < -0.4 is 14.9 Å². The molecule has 0 fully saturated rings. The molecule has 0 saturated heterocycles. The number of carboxylic acids is 1. The number of carbonyl (C=O) groups is 2. The van der Waals surface area contributed by atoms with Crippen LogP contribution in [-0.4, -0.2) is 36.4 Å². The number of ether oxygens (including phenoxy) is 2. The van der Waals surface area contributed by atoms with E-state index in [-0.39, 0.29) is 5.91 Å². The zero-order chi connectivity index (χ0) is 19.1. The number of aliphatic carboxylic acids is 1. The molecule has 1 atom stereocenters. The van der Waals surface area contributed by atoms with Crippen molar-refractivity contribution >= 4 is 40.7 Å². The molecule has 0 spiro atoms. The van der Waals surface area contributed by atoms with Crippen molar-refractivity contribution in [2.24, 2.45) is 5.10 Å². The molecular formula is C18H17IN2O5. The van der Waals surface area contributed by atoms with Crippen molar-refractivity contribution in [2.45, 2.75) is 13.0 Å². The zero-order valence-corrected chi connectivity index (χ0v) is 16.3. The van der Waals surface area contributed by atoms with Gasteiger partial charge in [0.15, 0.2) is 17.6 Å². The lowest BCUT2D eigenvalue weighted by Crippen LogP contribution is -2.23. The largest absolute Gasteiger partial charge is 0.493 e. The molecule has 0 radical (unpaired) electrons. The highest BCUT2D eigenvalue weighted by atomic mass is 127. The number of hydrazone groups is 1. The summed E-state index contributed by atoms with van der Waals surface area (Å²) >= 11 is 2.13. The fourth-order valence-electron chi connectivity index (χ4n) is 1.96. The summed E-state index contributed by atoms with van der Waals surface area (Å²) in [5.74, 6) is -0.716. The lowest BCUT2D eigenvalue weighted by atomic mass is 10.2. The van der Waals surface area contributed by atoms with Crippen LogP contribution in [0.15, 0.2) is 47.6 Å². The van der Waals surface area contributed by atoms with Crippen LogP contribution in [0.2, 0.25) is 0 Å². The Kier molecular flexibility index (Phi) is 6.96. The third kappa shape index (κ3) is 5.45. The van der Waals surface area contributed by atoms with Crippen molar-refractivity contribution in [3.05, 3.63) is 57.2 Å². The predicted molar refractivity (Wildman–Crippen MR) is 105 cm³/mol. The number of hydrogen-bond donors (Lipinski definition) is 2. The van der Waals surface area contributed by atoms with E-state index in [0.717, 1.165) is 3.57 Å². The topological polar surface area (TPSA) is 97.2 Å². The molecule has 136 valence electrons. The summed E-state index contributed by atoms with van der Waals surface area (Å²) in [5, 5.41) is 12.8. The summed E-state index contributed by atoms with van der Waals surface area (Å²) in [7, 11) is 1.45. The van der Waals surface area contributed by atoms with Crippen molar-refractivity contribution < 1.29 is 24.2 Å². The molecule has 0 saturated carbocycles. The molecule has 8 heteroatoms. The quantitative estimate of drug-likeness (QED) is 0.370. The molecule has 0 heterocycles. The van der Waals surface area contributed by atoms with Gasteiger partial charge in [-0.2, -0.15) is 5.10 Å². The van der Waals surface area contributed by atoms with Crippen molar-refractivity contribution in [1.29, 1.82) is 0 Å². The Bertz CT molecular complexity index is 838. The molecule has 2 aromatic carbocycles. The number of amides is 1. The SMILES string of the molecule is COc1cc(/C=N\NC(=O)c2cccc(I)c2)ccc1O[C@@H](C)C(=O)O. The lowest BCUT2D eigenvalue weighted by Gasteiger charge is -2.14. The molecule has 0 aliphatic carbocycles. The van der Waals surface area contributed by atoms with Gasteiger partial charge in [0.1, 0.15) is 0 Å². The first kappa shape index (κ1) is 19.7. The van der Waals surface area contributed by atoms with Gasteiger partial charge in [-0.15, -0.1) is 0 Å². The summed E-state index contributed by atoms with van der Waals surface area (Å²) in [6.07, 6.45) is 0.454. The maximum atomic E-state index is 12.0. The molecule has 2 aromatic rings. The summed E-state index contributed by atoms with van der Waals surface area (Å²) in [6.45, 7) is 1.43. The van der Waals surface area contributed by atoms with Crippen LogP contribution in [0, 0.1) is 3.57 Å². The van der Waals surface area contributed by atoms with Crippen molar-refractivity contribution in [2.75, 3.05) is 7.11 Å². The van der Waals surface area contributed by atoms with E-state index in [1.54, 1.807) is 36.4 Å². The molecule has 0 aliphatic rings. The van der Waals surface area contributed by atoms with Crippen LogP contribution in [0.4, 0.5) is 0 Å². The minimum absolute atomic E-state index is 0.308. The van der Waals surface area contributed by atoms with Gasteiger partial charge >= 0.3 is 5.97 Å². The van der Waals surface area contributed by atoms with Gasteiger partial charge in [-0.3, -0.25) is 4.79 Å². The Morgan fingerprint density at radius 1 is 1.23 bits per heavy atom. The van der Waals surface area contributed by atoms with Gasteiger partial charge in [0, 0.05) is 9.13 Å². The normalized spacial score (nSPS) is 11.8. The van der Waals surface area contributed by atoms with E-state index >= 15 is 0 Å². The number of nitrogens with one attached hydrogen (secondary N) is 1. The molecule has 2 rings (SSSR count). The average molecular weight is 468 g/mol. The maximum Gasteiger partial charge on any atom is 0.344 e. The molecule has 2 N–H and O–H groups in total. The minimum atomic E-state index is -1.07. The Morgan fingerprint density at radius 2 is 2.00 bits per heavy atom. The number of carbonyl (C=O) groups excluding carboxylic acids is 1. The number of methoxy groups -OCH3 is 1. The molecule has 0 aromatic heterocycles. The first-order valence-corrected chi connectivity index (χ1v) is 8.65. The highest BCUT2D eigenvalue weighted by molar-refractivity contribution is 14.1. The number of hydrogen-bond acceptors (Lipinski definition) is 5. The fraction of sp³-hybridized carbons (Fsp3) is 0.167. The van der Waals surface area contributed by atoms with E-state index in [1.165, 1.54) is 20.2 Å². The van der Waals surface area contributed by atoms with Gasteiger partial charge in [-0.25, -0.2) is 10.2 Å². The Labute approximate surface area is 164 Å². The van der Waals surface area contributed by atoms with E-state index < -0.39 is 12.1 Å². The van der Waals surface area contributed by atoms with Crippen molar-refractivity contribution in [3.8, 4) is 11.5 Å². The smallest absolute Gasteiger partial charge is 0.344 e.